The second kappa shape index (κ2) is 3.97. The van der Waals surface area contributed by atoms with Gasteiger partial charge in [0.2, 0.25) is 0 Å². The molecule has 0 aromatic carbocycles. The minimum Gasteiger partial charge on any atom is -0.365 e. The molecule has 3 nitrogen and oxygen atoms in total. The second-order valence-electron chi connectivity index (χ2n) is 3.58. The summed E-state index contributed by atoms with van der Waals surface area (Å²) >= 11 is 1.46. The van der Waals surface area contributed by atoms with Gasteiger partial charge < -0.3 is 5.32 Å². The number of hydrogen-bond acceptors (Lipinski definition) is 4. The Morgan fingerprint density at radius 2 is 2.21 bits per heavy atom. The Morgan fingerprint density at radius 1 is 1.50 bits per heavy atom. The fraction of sp³-hybridized carbons (Fsp3) is 0.600. The van der Waals surface area contributed by atoms with Crippen LogP contribution in [0.5, 0.6) is 0 Å². The lowest BCUT2D eigenvalue weighted by atomic mass is 10.0. The summed E-state index contributed by atoms with van der Waals surface area (Å²) in [5.41, 5.74) is 1.03. The van der Waals surface area contributed by atoms with E-state index >= 15 is 0 Å². The molecule has 74 valence electrons. The van der Waals surface area contributed by atoms with Gasteiger partial charge in [0.25, 0.3) is 0 Å². The molecular weight excluding hydrogens is 194 g/mol. The molecule has 0 saturated heterocycles. The first kappa shape index (κ1) is 9.47. The molecule has 0 radical (unpaired) electrons. The van der Waals surface area contributed by atoms with E-state index in [1.165, 1.54) is 37.0 Å². The highest BCUT2D eigenvalue weighted by Gasteiger charge is 2.23. The predicted octanol–water partition coefficient (Wildman–Crippen LogP) is 2.71. The maximum atomic E-state index is 8.98. The van der Waals surface area contributed by atoms with Crippen LogP contribution >= 0.6 is 11.3 Å². The van der Waals surface area contributed by atoms with Crippen LogP contribution in [0.2, 0.25) is 0 Å². The molecule has 2 rings (SSSR count). The summed E-state index contributed by atoms with van der Waals surface area (Å²) in [6, 6.07) is 2.24. The van der Waals surface area contributed by atoms with E-state index in [1.807, 2.05) is 7.05 Å². The Kier molecular flexibility index (Phi) is 2.69. The molecular formula is C10H13N3S. The third-order valence-electron chi connectivity index (χ3n) is 2.71. The van der Waals surface area contributed by atoms with Crippen molar-refractivity contribution in [3.05, 3.63) is 10.6 Å². The number of nitrogens with one attached hydrogen (secondary N) is 1. The number of aromatic nitrogens is 1. The van der Waals surface area contributed by atoms with Gasteiger partial charge in [-0.05, 0) is 12.8 Å². The molecule has 0 unspecified atom stereocenters. The van der Waals surface area contributed by atoms with Crippen LogP contribution in [0.25, 0.3) is 0 Å². The van der Waals surface area contributed by atoms with Gasteiger partial charge >= 0.3 is 0 Å². The lowest BCUT2D eigenvalue weighted by molar-refractivity contribution is 0.701. The Morgan fingerprint density at radius 3 is 2.79 bits per heavy atom. The SMILES string of the molecule is CNc1nc(C2CCCC2)c(C#N)s1. The molecule has 0 spiro atoms. The van der Waals surface area contributed by atoms with E-state index in [2.05, 4.69) is 16.4 Å². The van der Waals surface area contributed by atoms with E-state index in [0.29, 0.717) is 5.92 Å². The Hall–Kier alpha value is -1.08. The van der Waals surface area contributed by atoms with Crippen LogP contribution in [0.3, 0.4) is 0 Å². The predicted molar refractivity (Wildman–Crippen MR) is 57.6 cm³/mol. The quantitative estimate of drug-likeness (QED) is 0.811. The molecule has 14 heavy (non-hydrogen) atoms. The van der Waals surface area contributed by atoms with Gasteiger partial charge in [-0.15, -0.1) is 0 Å². The zero-order valence-corrected chi connectivity index (χ0v) is 9.02. The molecule has 0 bridgehead atoms. The minimum atomic E-state index is 0.531. The fourth-order valence-electron chi connectivity index (χ4n) is 1.99. The highest BCUT2D eigenvalue weighted by atomic mass is 32.1. The number of anilines is 1. The van der Waals surface area contributed by atoms with Crippen molar-refractivity contribution in [1.29, 1.82) is 5.26 Å². The van der Waals surface area contributed by atoms with Crippen molar-refractivity contribution in [2.75, 3.05) is 12.4 Å². The summed E-state index contributed by atoms with van der Waals surface area (Å²) in [6.45, 7) is 0. The average molecular weight is 207 g/mol. The first-order valence-corrected chi connectivity index (χ1v) is 5.75. The Balaban J connectivity index is 2.31. The standard InChI is InChI=1S/C10H13N3S/c1-12-10-13-9(8(6-11)14-10)7-4-2-3-5-7/h7H,2-5H2,1H3,(H,12,13). The van der Waals surface area contributed by atoms with Crippen LogP contribution in [0.4, 0.5) is 5.13 Å². The highest BCUT2D eigenvalue weighted by Crippen LogP contribution is 2.37. The lowest BCUT2D eigenvalue weighted by Crippen LogP contribution is -1.95. The van der Waals surface area contributed by atoms with Gasteiger partial charge in [-0.1, -0.05) is 24.2 Å². The molecule has 0 aliphatic heterocycles. The van der Waals surface area contributed by atoms with Crippen molar-refractivity contribution in [2.24, 2.45) is 0 Å². The molecule has 1 aromatic rings. The first-order valence-electron chi connectivity index (χ1n) is 4.93. The smallest absolute Gasteiger partial charge is 0.183 e. The van der Waals surface area contributed by atoms with Crippen LogP contribution < -0.4 is 5.32 Å². The largest absolute Gasteiger partial charge is 0.365 e. The van der Waals surface area contributed by atoms with E-state index in [1.54, 1.807) is 0 Å². The van der Waals surface area contributed by atoms with Crippen LogP contribution in [0, 0.1) is 11.3 Å². The summed E-state index contributed by atoms with van der Waals surface area (Å²) in [6.07, 6.45) is 4.95. The average Bonchev–Trinajstić information content (AvgIpc) is 2.85. The Labute approximate surface area is 87.8 Å². The summed E-state index contributed by atoms with van der Waals surface area (Å²) in [5.74, 6) is 0.531. The Bertz CT molecular complexity index is 358. The fourth-order valence-corrected chi connectivity index (χ4v) is 2.80. The van der Waals surface area contributed by atoms with Gasteiger partial charge in [0.15, 0.2) is 5.13 Å². The van der Waals surface area contributed by atoms with E-state index in [-0.39, 0.29) is 0 Å². The van der Waals surface area contributed by atoms with Gasteiger partial charge in [0, 0.05) is 13.0 Å². The summed E-state index contributed by atoms with van der Waals surface area (Å²) < 4.78 is 0. The van der Waals surface area contributed by atoms with E-state index in [4.69, 9.17) is 5.26 Å². The van der Waals surface area contributed by atoms with Crippen LogP contribution in [-0.4, -0.2) is 12.0 Å². The summed E-state index contributed by atoms with van der Waals surface area (Å²) in [5, 5.41) is 12.8. The minimum absolute atomic E-state index is 0.531. The van der Waals surface area contributed by atoms with Crippen molar-refractivity contribution >= 4 is 16.5 Å². The molecule has 1 aromatic heterocycles. The molecule has 1 aliphatic carbocycles. The van der Waals surface area contributed by atoms with Gasteiger partial charge in [-0.25, -0.2) is 4.98 Å². The number of nitriles is 1. The maximum Gasteiger partial charge on any atom is 0.183 e. The van der Waals surface area contributed by atoms with Crippen LogP contribution in [0.1, 0.15) is 42.2 Å². The zero-order valence-electron chi connectivity index (χ0n) is 8.21. The van der Waals surface area contributed by atoms with Crippen molar-refractivity contribution in [3.63, 3.8) is 0 Å². The van der Waals surface area contributed by atoms with Crippen molar-refractivity contribution in [2.45, 2.75) is 31.6 Å². The molecule has 1 heterocycles. The van der Waals surface area contributed by atoms with Crippen LogP contribution in [0.15, 0.2) is 0 Å². The number of rotatable bonds is 2. The third-order valence-corrected chi connectivity index (χ3v) is 3.70. The normalized spacial score (nSPS) is 16.9. The molecule has 4 heteroatoms. The number of hydrogen-bond donors (Lipinski definition) is 1. The van der Waals surface area contributed by atoms with Gasteiger partial charge in [0.05, 0.1) is 5.69 Å². The molecule has 0 atom stereocenters. The molecule has 1 aliphatic rings. The highest BCUT2D eigenvalue weighted by molar-refractivity contribution is 7.16. The zero-order chi connectivity index (χ0) is 9.97. The first-order chi connectivity index (χ1) is 6.85. The maximum absolute atomic E-state index is 8.98. The molecule has 1 N–H and O–H groups in total. The topological polar surface area (TPSA) is 48.7 Å². The van der Waals surface area contributed by atoms with E-state index in [9.17, 15) is 0 Å². The van der Waals surface area contributed by atoms with Gasteiger partial charge in [-0.3, -0.25) is 0 Å². The number of nitrogens with zero attached hydrogens (tertiary/aromatic N) is 2. The summed E-state index contributed by atoms with van der Waals surface area (Å²) in [7, 11) is 1.85. The number of thiazole rings is 1. The van der Waals surface area contributed by atoms with Gasteiger partial charge in [-0.2, -0.15) is 5.26 Å². The van der Waals surface area contributed by atoms with E-state index < -0.39 is 0 Å². The monoisotopic (exact) mass is 207 g/mol. The lowest BCUT2D eigenvalue weighted by Gasteiger charge is -2.04. The summed E-state index contributed by atoms with van der Waals surface area (Å²) in [4.78, 5) is 5.26. The molecule has 0 amide bonds. The van der Waals surface area contributed by atoms with E-state index in [0.717, 1.165) is 15.7 Å². The molecule has 1 saturated carbocycles. The molecule has 1 fully saturated rings. The van der Waals surface area contributed by atoms with Gasteiger partial charge in [0.1, 0.15) is 10.9 Å². The van der Waals surface area contributed by atoms with Crippen molar-refractivity contribution in [3.8, 4) is 6.07 Å². The van der Waals surface area contributed by atoms with Crippen molar-refractivity contribution in [1.82, 2.24) is 4.98 Å². The second-order valence-corrected chi connectivity index (χ2v) is 4.58. The third kappa shape index (κ3) is 1.60. The van der Waals surface area contributed by atoms with Crippen molar-refractivity contribution < 1.29 is 0 Å². The van der Waals surface area contributed by atoms with Crippen LogP contribution in [-0.2, 0) is 0 Å².